The lowest BCUT2D eigenvalue weighted by Crippen LogP contribution is -2.47. The number of amides is 2. The molecule has 1 aliphatic carbocycles. The van der Waals surface area contributed by atoms with Crippen molar-refractivity contribution in [2.45, 2.75) is 38.6 Å². The van der Waals surface area contributed by atoms with Crippen LogP contribution in [0.4, 0.5) is 4.79 Å². The molecule has 116 valence electrons. The number of piperidine rings is 1. The quantitative estimate of drug-likeness (QED) is 0.897. The highest BCUT2D eigenvalue weighted by Crippen LogP contribution is 2.42. The van der Waals surface area contributed by atoms with Gasteiger partial charge in [-0.05, 0) is 44.4 Å². The molecule has 1 aromatic rings. The molecular formula is C15H23N3O2S. The van der Waals surface area contributed by atoms with Gasteiger partial charge in [-0.15, -0.1) is 11.3 Å². The molecule has 0 radical (unpaired) electrons. The minimum absolute atomic E-state index is 0.00194. The molecule has 0 bridgehead atoms. The first kappa shape index (κ1) is 14.8. The molecule has 21 heavy (non-hydrogen) atoms. The first-order chi connectivity index (χ1) is 10.2. The summed E-state index contributed by atoms with van der Waals surface area (Å²) in [4.78, 5) is 20.0. The van der Waals surface area contributed by atoms with Crippen molar-refractivity contribution < 1.29 is 9.90 Å². The smallest absolute Gasteiger partial charge is 0.317 e. The van der Waals surface area contributed by atoms with E-state index in [0.717, 1.165) is 24.4 Å². The molecule has 2 fully saturated rings. The topological polar surface area (TPSA) is 65.5 Å². The fourth-order valence-corrected chi connectivity index (χ4v) is 3.87. The zero-order chi connectivity index (χ0) is 14.8. The van der Waals surface area contributed by atoms with Gasteiger partial charge in [-0.2, -0.15) is 0 Å². The number of rotatable bonds is 4. The van der Waals surface area contributed by atoms with Gasteiger partial charge in [-0.3, -0.25) is 0 Å². The predicted octanol–water partition coefficient (Wildman–Crippen LogP) is 2.32. The zero-order valence-corrected chi connectivity index (χ0v) is 13.2. The van der Waals surface area contributed by atoms with E-state index in [4.69, 9.17) is 0 Å². The van der Waals surface area contributed by atoms with Crippen LogP contribution in [-0.4, -0.2) is 40.7 Å². The number of nitrogens with one attached hydrogen (secondary N) is 1. The Morgan fingerprint density at radius 3 is 3.00 bits per heavy atom. The fourth-order valence-electron chi connectivity index (χ4n) is 2.95. The Labute approximate surface area is 129 Å². The van der Waals surface area contributed by atoms with E-state index >= 15 is 0 Å². The van der Waals surface area contributed by atoms with Crippen LogP contribution < -0.4 is 5.32 Å². The number of aromatic nitrogens is 1. The highest BCUT2D eigenvalue weighted by molar-refractivity contribution is 7.11. The summed E-state index contributed by atoms with van der Waals surface area (Å²) in [6.07, 6.45) is 6.21. The number of urea groups is 1. The van der Waals surface area contributed by atoms with E-state index < -0.39 is 0 Å². The van der Waals surface area contributed by atoms with Gasteiger partial charge in [0.1, 0.15) is 5.01 Å². The number of likely N-dealkylation sites (tertiary alicyclic amines) is 1. The van der Waals surface area contributed by atoms with E-state index in [9.17, 15) is 9.90 Å². The van der Waals surface area contributed by atoms with Crippen molar-refractivity contribution in [2.24, 2.45) is 11.8 Å². The Morgan fingerprint density at radius 1 is 1.57 bits per heavy atom. The van der Waals surface area contributed by atoms with E-state index in [1.54, 1.807) is 11.3 Å². The highest BCUT2D eigenvalue weighted by Gasteiger charge is 2.36. The molecule has 0 unspecified atom stereocenters. The van der Waals surface area contributed by atoms with Crippen molar-refractivity contribution in [3.63, 3.8) is 0 Å². The van der Waals surface area contributed by atoms with Crippen LogP contribution in [0.3, 0.4) is 0 Å². The molecule has 0 aromatic carbocycles. The summed E-state index contributed by atoms with van der Waals surface area (Å²) in [7, 11) is 0. The molecule has 1 saturated carbocycles. The Bertz CT molecular complexity index is 501. The van der Waals surface area contributed by atoms with Crippen molar-refractivity contribution in [1.82, 2.24) is 15.2 Å². The molecule has 1 saturated heterocycles. The second kappa shape index (κ2) is 6.32. The average Bonchev–Trinajstić information content (AvgIpc) is 3.26. The minimum atomic E-state index is -0.00194. The molecule has 2 amide bonds. The van der Waals surface area contributed by atoms with Gasteiger partial charge < -0.3 is 15.3 Å². The van der Waals surface area contributed by atoms with E-state index in [1.165, 1.54) is 17.7 Å². The van der Waals surface area contributed by atoms with Gasteiger partial charge in [0.05, 0.1) is 6.04 Å². The van der Waals surface area contributed by atoms with Gasteiger partial charge in [0, 0.05) is 30.8 Å². The monoisotopic (exact) mass is 309 g/mol. The van der Waals surface area contributed by atoms with E-state index in [2.05, 4.69) is 10.3 Å². The van der Waals surface area contributed by atoms with Crippen molar-refractivity contribution >= 4 is 17.4 Å². The molecule has 0 spiro atoms. The van der Waals surface area contributed by atoms with Crippen LogP contribution in [0.5, 0.6) is 0 Å². The number of aliphatic hydroxyl groups is 1. The summed E-state index contributed by atoms with van der Waals surface area (Å²) in [5.41, 5.74) is 0. The molecule has 6 heteroatoms. The lowest BCUT2D eigenvalue weighted by molar-refractivity contribution is 0.127. The third-order valence-electron chi connectivity index (χ3n) is 4.34. The van der Waals surface area contributed by atoms with Gasteiger partial charge in [0.2, 0.25) is 0 Å². The predicted molar refractivity (Wildman–Crippen MR) is 82.2 cm³/mol. The van der Waals surface area contributed by atoms with Gasteiger partial charge >= 0.3 is 6.03 Å². The number of aryl methyl sites for hydroxylation is 1. The third-order valence-corrected chi connectivity index (χ3v) is 5.34. The van der Waals surface area contributed by atoms with Crippen molar-refractivity contribution in [2.75, 3.05) is 19.7 Å². The zero-order valence-electron chi connectivity index (χ0n) is 12.4. The van der Waals surface area contributed by atoms with Gasteiger partial charge in [0.25, 0.3) is 0 Å². The summed E-state index contributed by atoms with van der Waals surface area (Å²) in [6, 6.07) is 0.0589. The van der Waals surface area contributed by atoms with Crippen molar-refractivity contribution in [1.29, 1.82) is 0 Å². The molecule has 3 rings (SSSR count). The molecule has 1 aromatic heterocycles. The van der Waals surface area contributed by atoms with Crippen molar-refractivity contribution in [3.8, 4) is 0 Å². The molecular weight excluding hydrogens is 286 g/mol. The second-order valence-electron chi connectivity index (χ2n) is 6.21. The molecule has 2 aliphatic rings. The second-order valence-corrected chi connectivity index (χ2v) is 7.48. The molecule has 5 nitrogen and oxygen atoms in total. The number of carbonyl (C=O) groups excluding carboxylic acids is 1. The Morgan fingerprint density at radius 2 is 2.38 bits per heavy atom. The maximum Gasteiger partial charge on any atom is 0.317 e. The lowest BCUT2D eigenvalue weighted by atomic mass is 9.99. The molecule has 2 N–H and O–H groups in total. The van der Waals surface area contributed by atoms with Crippen LogP contribution >= 0.6 is 11.3 Å². The summed E-state index contributed by atoms with van der Waals surface area (Å²) in [5, 5.41) is 13.5. The number of aliphatic hydroxyl groups excluding tert-OH is 1. The van der Waals surface area contributed by atoms with Crippen LogP contribution in [-0.2, 0) is 0 Å². The van der Waals surface area contributed by atoms with E-state index in [0.29, 0.717) is 12.5 Å². The SMILES string of the molecule is Cc1cnc([C@@H](NC(=O)N2CCC[C@H](CO)C2)C2CC2)s1. The van der Waals surface area contributed by atoms with E-state index in [1.807, 2.05) is 18.0 Å². The van der Waals surface area contributed by atoms with Crippen LogP contribution in [0.2, 0.25) is 0 Å². The van der Waals surface area contributed by atoms with Gasteiger partial charge in [-0.1, -0.05) is 0 Å². The van der Waals surface area contributed by atoms with Gasteiger partial charge in [0.15, 0.2) is 0 Å². The number of hydrogen-bond acceptors (Lipinski definition) is 4. The first-order valence-corrected chi connectivity index (χ1v) is 8.57. The number of carbonyl (C=O) groups is 1. The van der Waals surface area contributed by atoms with Crippen molar-refractivity contribution in [3.05, 3.63) is 16.1 Å². The Kier molecular flexibility index (Phi) is 4.45. The van der Waals surface area contributed by atoms with Crippen LogP contribution in [0.15, 0.2) is 6.20 Å². The fraction of sp³-hybridized carbons (Fsp3) is 0.733. The highest BCUT2D eigenvalue weighted by atomic mass is 32.1. The van der Waals surface area contributed by atoms with Crippen LogP contribution in [0.1, 0.15) is 41.6 Å². The Hall–Kier alpha value is -1.14. The van der Waals surface area contributed by atoms with E-state index in [-0.39, 0.29) is 24.6 Å². The number of hydrogen-bond donors (Lipinski definition) is 2. The average molecular weight is 309 g/mol. The minimum Gasteiger partial charge on any atom is -0.396 e. The summed E-state index contributed by atoms with van der Waals surface area (Å²) < 4.78 is 0. The Balaban J connectivity index is 1.64. The summed E-state index contributed by atoms with van der Waals surface area (Å²) in [6.45, 7) is 3.66. The maximum absolute atomic E-state index is 12.5. The molecule has 2 atom stereocenters. The standard InChI is InChI=1S/C15H23N3O2S/c1-10-7-16-14(21-10)13(12-4-5-12)17-15(20)18-6-2-3-11(8-18)9-19/h7,11-13,19H,2-6,8-9H2,1H3,(H,17,20)/t11-,13-/m0/s1. The molecule has 2 heterocycles. The lowest BCUT2D eigenvalue weighted by Gasteiger charge is -2.33. The number of thiazole rings is 1. The molecule has 1 aliphatic heterocycles. The normalized spacial score (nSPS) is 23.9. The first-order valence-electron chi connectivity index (χ1n) is 7.76. The van der Waals surface area contributed by atoms with Gasteiger partial charge in [-0.25, -0.2) is 9.78 Å². The van der Waals surface area contributed by atoms with Crippen LogP contribution in [0.25, 0.3) is 0 Å². The number of nitrogens with zero attached hydrogens (tertiary/aromatic N) is 2. The summed E-state index contributed by atoms with van der Waals surface area (Å²) >= 11 is 1.67. The third kappa shape index (κ3) is 3.55. The largest absolute Gasteiger partial charge is 0.396 e. The maximum atomic E-state index is 12.5. The van der Waals surface area contributed by atoms with Crippen LogP contribution in [0, 0.1) is 18.8 Å². The summed E-state index contributed by atoms with van der Waals surface area (Å²) in [5.74, 6) is 0.768.